The van der Waals surface area contributed by atoms with Crippen LogP contribution in [0.3, 0.4) is 0 Å². The largest absolute Gasteiger partial charge is 0.481 e. The Balaban J connectivity index is 1.38. The molecule has 8 nitrogen and oxygen atoms in total. The van der Waals surface area contributed by atoms with E-state index in [9.17, 15) is 9.18 Å². The highest BCUT2D eigenvalue weighted by Crippen LogP contribution is 2.23. The van der Waals surface area contributed by atoms with E-state index in [1.54, 1.807) is 55.6 Å². The molecule has 0 radical (unpaired) electrons. The van der Waals surface area contributed by atoms with Crippen LogP contribution in [-0.2, 0) is 4.79 Å². The van der Waals surface area contributed by atoms with Gasteiger partial charge in [0.1, 0.15) is 23.2 Å². The normalized spacial score (nSPS) is 10.6. The van der Waals surface area contributed by atoms with Gasteiger partial charge < -0.3 is 14.8 Å². The molecule has 9 heteroatoms. The molecule has 0 aliphatic heterocycles. The Morgan fingerprint density at radius 3 is 2.59 bits per heavy atom. The number of nitrogens with zero attached hydrogens (tertiary/aromatic N) is 4. The summed E-state index contributed by atoms with van der Waals surface area (Å²) in [5, 5.41) is 2.69. The minimum absolute atomic E-state index is 0.0248. The molecule has 0 bridgehead atoms. The maximum absolute atomic E-state index is 13.6. The van der Waals surface area contributed by atoms with Gasteiger partial charge in [-0.25, -0.2) is 14.4 Å². The molecule has 2 aromatic heterocycles. The average molecular weight is 433 g/mol. The topological polar surface area (TPSA) is 91.2 Å². The Morgan fingerprint density at radius 1 is 1.09 bits per heavy atom. The molecular formula is C23H20FN5O3. The van der Waals surface area contributed by atoms with Crippen LogP contribution in [0.5, 0.6) is 17.4 Å². The van der Waals surface area contributed by atoms with Gasteiger partial charge in [0.25, 0.3) is 5.91 Å². The zero-order valence-corrected chi connectivity index (χ0v) is 17.4. The Kier molecular flexibility index (Phi) is 6.07. The lowest BCUT2D eigenvalue weighted by atomic mass is 10.3. The van der Waals surface area contributed by atoms with Crippen molar-refractivity contribution >= 4 is 11.6 Å². The van der Waals surface area contributed by atoms with Crippen LogP contribution >= 0.6 is 0 Å². The number of benzene rings is 2. The first-order chi connectivity index (χ1) is 15.5. The van der Waals surface area contributed by atoms with Crippen LogP contribution in [-0.4, -0.2) is 32.0 Å². The predicted octanol–water partition coefficient (Wildman–Crippen LogP) is 4.23. The molecule has 0 saturated carbocycles. The predicted molar refractivity (Wildman–Crippen MR) is 116 cm³/mol. The van der Waals surface area contributed by atoms with E-state index in [0.717, 1.165) is 5.82 Å². The van der Waals surface area contributed by atoms with Gasteiger partial charge in [0.15, 0.2) is 18.2 Å². The number of amides is 1. The van der Waals surface area contributed by atoms with Crippen molar-refractivity contribution in [3.8, 4) is 23.2 Å². The number of carbonyl (C=O) groups excluding carboxylic acids is 1. The van der Waals surface area contributed by atoms with Gasteiger partial charge in [-0.05, 0) is 50.2 Å². The summed E-state index contributed by atoms with van der Waals surface area (Å²) in [5.74, 6) is 2.03. The summed E-state index contributed by atoms with van der Waals surface area (Å²) in [7, 11) is 0. The van der Waals surface area contributed by atoms with Crippen molar-refractivity contribution in [3.63, 3.8) is 0 Å². The number of rotatable bonds is 7. The molecule has 2 heterocycles. The van der Waals surface area contributed by atoms with Crippen molar-refractivity contribution in [2.24, 2.45) is 0 Å². The highest BCUT2D eigenvalue weighted by atomic mass is 19.1. The third-order valence-corrected chi connectivity index (χ3v) is 4.43. The quantitative estimate of drug-likeness (QED) is 0.469. The molecule has 0 unspecified atom stereocenters. The Labute approximate surface area is 183 Å². The minimum atomic E-state index is -0.520. The lowest BCUT2D eigenvalue weighted by molar-refractivity contribution is -0.118. The standard InChI is InChI=1S/C23H20FN5O3/c1-15-26-21(29-12-11-25-16(29)2)13-23(27-15)32-18-9-7-17(8-10-18)28-22(30)14-31-20-6-4-3-5-19(20)24/h3-13H,14H2,1-2H3,(H,28,30). The molecule has 2 aromatic carbocycles. The molecule has 0 spiro atoms. The first kappa shape index (κ1) is 21.0. The number of hydrogen-bond acceptors (Lipinski definition) is 6. The monoisotopic (exact) mass is 433 g/mol. The number of halogens is 1. The van der Waals surface area contributed by atoms with Gasteiger partial charge in [-0.1, -0.05) is 12.1 Å². The molecule has 0 aliphatic rings. The van der Waals surface area contributed by atoms with E-state index in [1.165, 1.54) is 12.1 Å². The number of aromatic nitrogens is 4. The Morgan fingerprint density at radius 2 is 1.88 bits per heavy atom. The fourth-order valence-corrected chi connectivity index (χ4v) is 2.95. The highest BCUT2D eigenvalue weighted by molar-refractivity contribution is 5.91. The summed E-state index contributed by atoms with van der Waals surface area (Å²) in [6.45, 7) is 3.35. The van der Waals surface area contributed by atoms with Crippen molar-refractivity contribution in [1.29, 1.82) is 0 Å². The van der Waals surface area contributed by atoms with Crippen molar-refractivity contribution in [3.05, 3.63) is 84.5 Å². The molecule has 162 valence electrons. The lowest BCUT2D eigenvalue weighted by Crippen LogP contribution is -2.20. The van der Waals surface area contributed by atoms with Crippen LogP contribution in [0.1, 0.15) is 11.6 Å². The van der Waals surface area contributed by atoms with E-state index in [0.29, 0.717) is 29.0 Å². The molecule has 0 aliphatic carbocycles. The summed E-state index contributed by atoms with van der Waals surface area (Å²) in [6, 6.07) is 14.4. The fourth-order valence-electron chi connectivity index (χ4n) is 2.95. The number of anilines is 1. The number of aryl methyl sites for hydroxylation is 2. The van der Waals surface area contributed by atoms with Gasteiger partial charge in [-0.2, -0.15) is 4.98 Å². The van der Waals surface area contributed by atoms with Gasteiger partial charge in [0.05, 0.1) is 0 Å². The van der Waals surface area contributed by atoms with Crippen LogP contribution < -0.4 is 14.8 Å². The van der Waals surface area contributed by atoms with Gasteiger partial charge in [0.2, 0.25) is 5.88 Å². The van der Waals surface area contributed by atoms with Gasteiger partial charge in [-0.15, -0.1) is 0 Å². The Hall–Kier alpha value is -4.27. The molecule has 0 saturated heterocycles. The number of hydrogen-bond donors (Lipinski definition) is 1. The van der Waals surface area contributed by atoms with Crippen LogP contribution in [0, 0.1) is 19.7 Å². The smallest absolute Gasteiger partial charge is 0.262 e. The third-order valence-electron chi connectivity index (χ3n) is 4.43. The van der Waals surface area contributed by atoms with Crippen molar-refractivity contribution in [1.82, 2.24) is 19.5 Å². The molecule has 1 amide bonds. The summed E-state index contributed by atoms with van der Waals surface area (Å²) in [4.78, 5) is 25.0. The maximum Gasteiger partial charge on any atom is 0.262 e. The third kappa shape index (κ3) is 5.07. The molecule has 4 rings (SSSR count). The summed E-state index contributed by atoms with van der Waals surface area (Å²) < 4.78 is 26.4. The molecule has 0 atom stereocenters. The summed E-state index contributed by atoms with van der Waals surface area (Å²) in [5.41, 5.74) is 0.549. The molecular weight excluding hydrogens is 413 g/mol. The summed E-state index contributed by atoms with van der Waals surface area (Å²) in [6.07, 6.45) is 3.51. The lowest BCUT2D eigenvalue weighted by Gasteiger charge is -2.10. The molecule has 1 N–H and O–H groups in total. The Bertz CT molecular complexity index is 1240. The van der Waals surface area contributed by atoms with E-state index in [2.05, 4.69) is 20.3 Å². The second kappa shape index (κ2) is 9.25. The number of para-hydroxylation sites is 1. The second-order valence-corrected chi connectivity index (χ2v) is 6.85. The van der Waals surface area contributed by atoms with Gasteiger partial charge >= 0.3 is 0 Å². The average Bonchev–Trinajstić information content (AvgIpc) is 3.20. The van der Waals surface area contributed by atoms with Gasteiger partial charge in [0, 0.05) is 24.1 Å². The molecule has 0 fully saturated rings. The van der Waals surface area contributed by atoms with E-state index in [1.807, 2.05) is 17.7 Å². The van der Waals surface area contributed by atoms with Crippen molar-refractivity contribution in [2.45, 2.75) is 13.8 Å². The number of nitrogens with one attached hydrogen (secondary N) is 1. The first-order valence-electron chi connectivity index (χ1n) is 9.79. The van der Waals surface area contributed by atoms with E-state index in [4.69, 9.17) is 9.47 Å². The summed E-state index contributed by atoms with van der Waals surface area (Å²) >= 11 is 0. The highest BCUT2D eigenvalue weighted by Gasteiger charge is 2.10. The van der Waals surface area contributed by atoms with Gasteiger partial charge in [-0.3, -0.25) is 9.36 Å². The van der Waals surface area contributed by atoms with E-state index in [-0.39, 0.29) is 12.4 Å². The fraction of sp³-hybridized carbons (Fsp3) is 0.130. The zero-order valence-electron chi connectivity index (χ0n) is 17.4. The number of ether oxygens (including phenoxy) is 2. The van der Waals surface area contributed by atoms with Crippen molar-refractivity contribution < 1.29 is 18.7 Å². The van der Waals surface area contributed by atoms with Crippen LogP contribution in [0.15, 0.2) is 67.0 Å². The van der Waals surface area contributed by atoms with Crippen molar-refractivity contribution in [2.75, 3.05) is 11.9 Å². The van der Waals surface area contributed by atoms with E-state index >= 15 is 0 Å². The molecule has 4 aromatic rings. The van der Waals surface area contributed by atoms with Crippen LogP contribution in [0.2, 0.25) is 0 Å². The zero-order chi connectivity index (χ0) is 22.5. The number of imidazole rings is 1. The number of carbonyl (C=O) groups is 1. The molecule has 32 heavy (non-hydrogen) atoms. The SMILES string of the molecule is Cc1nc(Oc2ccc(NC(=O)COc3ccccc3F)cc2)cc(-n2ccnc2C)n1. The van der Waals surface area contributed by atoms with Crippen LogP contribution in [0.25, 0.3) is 5.82 Å². The maximum atomic E-state index is 13.6. The first-order valence-corrected chi connectivity index (χ1v) is 9.79. The minimum Gasteiger partial charge on any atom is -0.481 e. The van der Waals surface area contributed by atoms with E-state index < -0.39 is 11.7 Å². The van der Waals surface area contributed by atoms with Crippen LogP contribution in [0.4, 0.5) is 10.1 Å². The second-order valence-electron chi connectivity index (χ2n) is 6.85.